The molecule has 0 saturated carbocycles. The molecule has 0 aliphatic heterocycles. The van der Waals surface area contributed by atoms with Gasteiger partial charge >= 0.3 is 17.8 Å². The molecule has 0 unspecified atom stereocenters. The van der Waals surface area contributed by atoms with E-state index in [1.165, 1.54) is 6.07 Å². The van der Waals surface area contributed by atoms with Gasteiger partial charge in [-0.25, -0.2) is 4.79 Å². The number of ether oxygens (including phenoxy) is 1. The van der Waals surface area contributed by atoms with Gasteiger partial charge in [0.2, 0.25) is 0 Å². The van der Waals surface area contributed by atoms with Crippen LogP contribution in [-0.2, 0) is 28.9 Å². The van der Waals surface area contributed by atoms with Crippen molar-refractivity contribution in [3.8, 4) is 0 Å². The van der Waals surface area contributed by atoms with E-state index in [1.54, 1.807) is 6.07 Å². The zero-order valence-electron chi connectivity index (χ0n) is 17.1. The van der Waals surface area contributed by atoms with E-state index in [0.29, 0.717) is 33.4 Å². The van der Waals surface area contributed by atoms with Crippen molar-refractivity contribution in [3.63, 3.8) is 0 Å². The van der Waals surface area contributed by atoms with E-state index in [-0.39, 0.29) is 12.5 Å². The molecule has 2 aromatic heterocycles. The van der Waals surface area contributed by atoms with E-state index in [9.17, 15) is 27.6 Å². The predicted molar refractivity (Wildman–Crippen MR) is 107 cm³/mol. The molecule has 0 atom stereocenters. The highest BCUT2D eigenvalue weighted by Gasteiger charge is 2.31. The summed E-state index contributed by atoms with van der Waals surface area (Å²) in [6.07, 6.45) is -4.09. The third-order valence-electron chi connectivity index (χ3n) is 4.84. The van der Waals surface area contributed by atoms with Gasteiger partial charge in [-0.3, -0.25) is 9.59 Å². The number of nitrogens with zero attached hydrogens (tertiary/aromatic N) is 1. The Hall–Kier alpha value is -3.36. The molecule has 164 valence electrons. The normalized spacial score (nSPS) is 11.8. The van der Waals surface area contributed by atoms with Crippen molar-refractivity contribution in [2.75, 3.05) is 0 Å². The summed E-state index contributed by atoms with van der Waals surface area (Å²) in [7, 11) is 0. The van der Waals surface area contributed by atoms with Crippen LogP contribution in [0.1, 0.15) is 42.0 Å². The Morgan fingerprint density at radius 2 is 1.87 bits per heavy atom. The van der Waals surface area contributed by atoms with Crippen molar-refractivity contribution in [3.05, 3.63) is 79.6 Å². The minimum absolute atomic E-state index is 0.208. The molecule has 0 radical (unpaired) electrons. The largest absolute Gasteiger partial charge is 0.459 e. The van der Waals surface area contributed by atoms with Gasteiger partial charge in [0.15, 0.2) is 0 Å². The Morgan fingerprint density at radius 3 is 2.52 bits per heavy atom. The molecule has 0 aliphatic carbocycles. The molecule has 0 spiro atoms. The number of aromatic nitrogens is 1. The maximum atomic E-state index is 12.8. The number of alkyl halides is 3. The first kappa shape index (κ1) is 22.3. The van der Waals surface area contributed by atoms with Crippen molar-refractivity contribution in [2.24, 2.45) is 0 Å². The number of carbonyl (C=O) groups excluding carboxylic acids is 1. The molecule has 2 heterocycles. The Balaban J connectivity index is 1.84. The Kier molecular flexibility index (Phi) is 6.06. The maximum Gasteiger partial charge on any atom is 0.417 e. The monoisotopic (exact) mass is 435 g/mol. The Bertz CT molecular complexity index is 1250. The van der Waals surface area contributed by atoms with Crippen molar-refractivity contribution >= 4 is 16.9 Å². The summed E-state index contributed by atoms with van der Waals surface area (Å²) in [5, 5.41) is 0.595. The fourth-order valence-electron chi connectivity index (χ4n) is 3.30. The number of hydrogen-bond donors (Lipinski definition) is 0. The fraction of sp³-hybridized carbons (Fsp3) is 0.318. The predicted octanol–water partition coefficient (Wildman–Crippen LogP) is 4.15. The first-order valence-electron chi connectivity index (χ1n) is 9.46. The van der Waals surface area contributed by atoms with E-state index >= 15 is 0 Å². The van der Waals surface area contributed by atoms with Crippen LogP contribution in [0.3, 0.4) is 0 Å². The quantitative estimate of drug-likeness (QED) is 0.445. The summed E-state index contributed by atoms with van der Waals surface area (Å²) in [6.45, 7) is 4.93. The van der Waals surface area contributed by atoms with E-state index in [1.807, 2.05) is 26.8 Å². The number of fused-ring (bicyclic) bond motifs is 1. The van der Waals surface area contributed by atoms with Gasteiger partial charge in [0.25, 0.3) is 5.56 Å². The number of benzene rings is 1. The number of esters is 1. The molecule has 3 aromatic rings. The van der Waals surface area contributed by atoms with Crippen LogP contribution in [0.5, 0.6) is 0 Å². The molecule has 9 heteroatoms. The maximum absolute atomic E-state index is 12.8. The summed E-state index contributed by atoms with van der Waals surface area (Å²) >= 11 is 0. The first-order valence-corrected chi connectivity index (χ1v) is 9.46. The van der Waals surface area contributed by atoms with Crippen LogP contribution in [0.4, 0.5) is 13.2 Å². The molecule has 0 aliphatic rings. The molecule has 6 nitrogen and oxygen atoms in total. The van der Waals surface area contributed by atoms with Gasteiger partial charge in [0.1, 0.15) is 18.7 Å². The summed E-state index contributed by atoms with van der Waals surface area (Å²) in [5.74, 6) is -0.710. The summed E-state index contributed by atoms with van der Waals surface area (Å²) in [5.41, 5.74) is 0.279. The minimum Gasteiger partial charge on any atom is -0.459 e. The van der Waals surface area contributed by atoms with Crippen molar-refractivity contribution < 1.29 is 27.1 Å². The Morgan fingerprint density at radius 1 is 1.16 bits per heavy atom. The van der Waals surface area contributed by atoms with E-state index in [2.05, 4.69) is 0 Å². The van der Waals surface area contributed by atoms with Crippen LogP contribution in [0.25, 0.3) is 11.0 Å². The Labute approximate surface area is 174 Å². The third kappa shape index (κ3) is 5.04. The van der Waals surface area contributed by atoms with Gasteiger partial charge in [-0.05, 0) is 42.2 Å². The third-order valence-corrected chi connectivity index (χ3v) is 4.84. The second kappa shape index (κ2) is 8.41. The van der Waals surface area contributed by atoms with Gasteiger partial charge in [0, 0.05) is 29.3 Å². The van der Waals surface area contributed by atoms with Crippen molar-refractivity contribution in [1.82, 2.24) is 4.57 Å². The van der Waals surface area contributed by atoms with E-state index < -0.39 is 35.4 Å². The average molecular weight is 435 g/mol. The molecule has 0 fully saturated rings. The molecule has 0 amide bonds. The molecule has 1 aromatic carbocycles. The highest BCUT2D eigenvalue weighted by Crippen LogP contribution is 2.28. The van der Waals surface area contributed by atoms with Gasteiger partial charge in [-0.1, -0.05) is 13.8 Å². The molecular formula is C22H20F3NO5. The lowest BCUT2D eigenvalue weighted by atomic mass is 9.95. The second-order valence-electron chi connectivity index (χ2n) is 7.49. The van der Waals surface area contributed by atoms with Gasteiger partial charge in [0.05, 0.1) is 5.56 Å². The van der Waals surface area contributed by atoms with Crippen molar-refractivity contribution in [1.29, 1.82) is 0 Å². The number of aryl methyl sites for hydroxylation is 1. The van der Waals surface area contributed by atoms with Crippen LogP contribution in [0.15, 0.2) is 50.5 Å². The number of halogens is 3. The SMILES string of the molecule is Cc1cc2oc(=O)cc(COC(=O)Cn3cc(C(F)(F)F)ccc3=O)c2cc1C(C)C. The number of pyridine rings is 1. The van der Waals surface area contributed by atoms with Gasteiger partial charge in [-0.15, -0.1) is 0 Å². The summed E-state index contributed by atoms with van der Waals surface area (Å²) in [6, 6.07) is 6.18. The zero-order valence-corrected chi connectivity index (χ0v) is 17.1. The van der Waals surface area contributed by atoms with Crippen molar-refractivity contribution in [2.45, 2.75) is 46.0 Å². The topological polar surface area (TPSA) is 78.5 Å². The summed E-state index contributed by atoms with van der Waals surface area (Å²) < 4.78 is 49.5. The van der Waals surface area contributed by atoms with Gasteiger partial charge < -0.3 is 13.7 Å². The highest BCUT2D eigenvalue weighted by atomic mass is 19.4. The summed E-state index contributed by atoms with van der Waals surface area (Å²) in [4.78, 5) is 35.9. The number of rotatable bonds is 5. The van der Waals surface area contributed by atoms with Gasteiger partial charge in [-0.2, -0.15) is 13.2 Å². The van der Waals surface area contributed by atoms with Crippen LogP contribution in [-0.4, -0.2) is 10.5 Å². The molecule has 31 heavy (non-hydrogen) atoms. The lowest BCUT2D eigenvalue weighted by molar-refractivity contribution is -0.146. The smallest absolute Gasteiger partial charge is 0.417 e. The first-order chi connectivity index (χ1) is 14.5. The van der Waals surface area contributed by atoms with Crippen LogP contribution in [0.2, 0.25) is 0 Å². The fourth-order valence-corrected chi connectivity index (χ4v) is 3.30. The van der Waals surface area contributed by atoms with Crippen LogP contribution in [0, 0.1) is 6.92 Å². The second-order valence-corrected chi connectivity index (χ2v) is 7.49. The lowest BCUT2D eigenvalue weighted by Crippen LogP contribution is -2.26. The number of hydrogen-bond acceptors (Lipinski definition) is 5. The standard InChI is InChI=1S/C22H20F3NO5/c1-12(2)16-8-17-14(7-20(28)31-18(17)6-13(16)3)11-30-21(29)10-26-9-15(22(23,24)25)4-5-19(26)27/h4-9,12H,10-11H2,1-3H3. The molecule has 3 rings (SSSR count). The molecule has 0 N–H and O–H groups in total. The van der Waals surface area contributed by atoms with Crippen LogP contribution >= 0.6 is 0 Å². The molecular weight excluding hydrogens is 415 g/mol. The van der Waals surface area contributed by atoms with Crippen LogP contribution < -0.4 is 11.2 Å². The van der Waals surface area contributed by atoms with E-state index in [0.717, 1.165) is 17.2 Å². The minimum atomic E-state index is -4.65. The lowest BCUT2D eigenvalue weighted by Gasteiger charge is -2.13. The average Bonchev–Trinajstić information content (AvgIpc) is 2.66. The molecule has 0 saturated heterocycles. The van der Waals surface area contributed by atoms with E-state index in [4.69, 9.17) is 9.15 Å². The zero-order chi connectivity index (χ0) is 22.9. The molecule has 0 bridgehead atoms. The number of carbonyl (C=O) groups is 1. The highest BCUT2D eigenvalue weighted by molar-refractivity contribution is 5.82.